The van der Waals surface area contributed by atoms with Gasteiger partial charge in [0, 0.05) is 39.1 Å². The largest absolute Gasteiger partial charge is 0.321 e. The third kappa shape index (κ3) is 2.63. The number of allylic oxidation sites excluding steroid dienone is 2. The van der Waals surface area contributed by atoms with Crippen molar-refractivity contribution in [3.05, 3.63) is 113 Å². The van der Waals surface area contributed by atoms with Crippen LogP contribution in [0.2, 0.25) is 0 Å². The molecule has 2 nitrogen and oxygen atoms in total. The summed E-state index contributed by atoms with van der Waals surface area (Å²) in [7, 11) is 0. The third-order valence-corrected chi connectivity index (χ3v) is 8.30. The molecule has 7 rings (SSSR count). The van der Waals surface area contributed by atoms with Crippen LogP contribution in [0.1, 0.15) is 47.5 Å². The fourth-order valence-electron chi connectivity index (χ4n) is 6.76. The van der Waals surface area contributed by atoms with E-state index in [0.29, 0.717) is 0 Å². The lowest BCUT2D eigenvalue weighted by atomic mass is 9.34. The lowest BCUT2D eigenvalue weighted by molar-refractivity contribution is 1.04. The summed E-state index contributed by atoms with van der Waals surface area (Å²) >= 11 is 0. The molecule has 0 N–H and O–H groups in total. The summed E-state index contributed by atoms with van der Waals surface area (Å²) in [6.07, 6.45) is 9.90. The van der Waals surface area contributed by atoms with Crippen molar-refractivity contribution < 1.29 is 0 Å². The van der Waals surface area contributed by atoms with Gasteiger partial charge in [0.25, 0.3) is 6.71 Å². The van der Waals surface area contributed by atoms with Crippen molar-refractivity contribution in [2.45, 2.75) is 34.1 Å². The zero-order valence-electron chi connectivity index (χ0n) is 21.3. The molecule has 0 saturated carbocycles. The maximum absolute atomic E-state index is 2.53. The van der Waals surface area contributed by atoms with E-state index in [4.69, 9.17) is 0 Å². The van der Waals surface area contributed by atoms with Crippen molar-refractivity contribution in [1.29, 1.82) is 0 Å². The zero-order valence-corrected chi connectivity index (χ0v) is 21.3. The van der Waals surface area contributed by atoms with Gasteiger partial charge in [-0.25, -0.2) is 0 Å². The molecule has 0 radical (unpaired) electrons. The number of para-hydroxylation sites is 2. The molecule has 2 aromatic heterocycles. The van der Waals surface area contributed by atoms with Crippen molar-refractivity contribution in [1.82, 2.24) is 9.13 Å². The predicted molar refractivity (Wildman–Crippen MR) is 155 cm³/mol. The number of benzene rings is 3. The Morgan fingerprint density at radius 3 is 2.33 bits per heavy atom. The normalized spacial score (nSPS) is 13.7. The molecule has 0 saturated heterocycles. The fourth-order valence-corrected chi connectivity index (χ4v) is 6.76. The van der Waals surface area contributed by atoms with Gasteiger partial charge in [0.15, 0.2) is 0 Å². The van der Waals surface area contributed by atoms with Crippen molar-refractivity contribution in [3.63, 3.8) is 0 Å². The van der Waals surface area contributed by atoms with E-state index in [1.165, 1.54) is 72.4 Å². The predicted octanol–water partition coefficient (Wildman–Crippen LogP) is 5.84. The summed E-state index contributed by atoms with van der Waals surface area (Å²) < 4.78 is 5.06. The van der Waals surface area contributed by atoms with Gasteiger partial charge in [-0.3, -0.25) is 0 Å². The van der Waals surface area contributed by atoms with Gasteiger partial charge in [0.2, 0.25) is 0 Å². The van der Waals surface area contributed by atoms with Gasteiger partial charge < -0.3 is 9.13 Å². The first-order valence-electron chi connectivity index (χ1n) is 13.0. The van der Waals surface area contributed by atoms with Gasteiger partial charge in [-0.15, -0.1) is 0 Å². The maximum Gasteiger partial charge on any atom is 0.268 e. The molecule has 0 atom stereocenters. The maximum atomic E-state index is 2.53. The van der Waals surface area contributed by atoms with Crippen molar-refractivity contribution >= 4 is 46.3 Å². The summed E-state index contributed by atoms with van der Waals surface area (Å²) in [6.45, 7) is 8.98. The zero-order chi connectivity index (χ0) is 24.6. The Hall–Kier alpha value is -3.98. The van der Waals surface area contributed by atoms with Gasteiger partial charge in [-0.2, -0.15) is 0 Å². The first kappa shape index (κ1) is 21.3. The fraction of sp³-hybridized carbons (Fsp3) is 0.152. The second-order valence-corrected chi connectivity index (χ2v) is 10.1. The molecule has 0 bridgehead atoms. The van der Waals surface area contributed by atoms with E-state index in [1.54, 1.807) is 0 Å². The highest BCUT2D eigenvalue weighted by Gasteiger charge is 2.42. The average molecular weight is 464 g/mol. The summed E-state index contributed by atoms with van der Waals surface area (Å²) in [6, 6.07) is 24.7. The highest BCUT2D eigenvalue weighted by atomic mass is 15.0. The van der Waals surface area contributed by atoms with Crippen LogP contribution in [0, 0.1) is 13.8 Å². The quantitative estimate of drug-likeness (QED) is 0.291. The van der Waals surface area contributed by atoms with E-state index in [2.05, 4.69) is 128 Å². The number of hydrogen-bond acceptors (Lipinski definition) is 0. The van der Waals surface area contributed by atoms with Crippen LogP contribution in [-0.4, -0.2) is 15.8 Å². The Labute approximate surface area is 213 Å². The lowest BCUT2D eigenvalue weighted by Crippen LogP contribution is -2.62. The summed E-state index contributed by atoms with van der Waals surface area (Å²) in [5.74, 6) is 0. The topological polar surface area (TPSA) is 9.86 Å². The van der Waals surface area contributed by atoms with E-state index in [0.717, 1.165) is 6.42 Å². The van der Waals surface area contributed by atoms with Gasteiger partial charge in [-0.1, -0.05) is 66.8 Å². The molecule has 5 aromatic rings. The molecule has 2 aliphatic rings. The first-order valence-corrected chi connectivity index (χ1v) is 13.0. The Balaban J connectivity index is 1.69. The van der Waals surface area contributed by atoms with Crippen molar-refractivity contribution in [2.24, 2.45) is 0 Å². The van der Waals surface area contributed by atoms with Crippen LogP contribution in [0.15, 0.2) is 78.9 Å². The number of rotatable bonds is 3. The molecule has 0 fully saturated rings. The SMILES string of the molecule is C/C=C\c1c2c(n(-c3ccccc3)c1/C=C\C)B1c3ccccc3-n3c(C)c(C)c4ccc(c1c43)C2. The molecule has 3 aromatic carbocycles. The van der Waals surface area contributed by atoms with Crippen LogP contribution in [-0.2, 0) is 6.42 Å². The molecule has 36 heavy (non-hydrogen) atoms. The molecule has 2 aliphatic heterocycles. The van der Waals surface area contributed by atoms with Gasteiger partial charge >= 0.3 is 0 Å². The summed E-state index contributed by atoms with van der Waals surface area (Å²) in [5, 5.41) is 1.38. The van der Waals surface area contributed by atoms with E-state index in [9.17, 15) is 0 Å². The number of aryl methyl sites for hydroxylation is 1. The molecule has 3 heteroatoms. The summed E-state index contributed by atoms with van der Waals surface area (Å²) in [4.78, 5) is 0. The first-order chi connectivity index (χ1) is 17.7. The standard InChI is InChI=1S/C33H29BN2/c1-5-12-26-27-20-23-18-19-25-21(3)22(4)35-30-17-11-10-16-28(30)34(31(23)32(25)35)33(27)36(29(26)13-6-2)24-14-8-7-9-15-24/h5-19H,20H2,1-4H3/b12-5-,13-6-. The van der Waals surface area contributed by atoms with E-state index in [-0.39, 0.29) is 6.71 Å². The number of aromatic nitrogens is 2. The smallest absolute Gasteiger partial charge is 0.268 e. The molecular formula is C33H29BN2. The molecule has 0 aliphatic carbocycles. The minimum Gasteiger partial charge on any atom is -0.321 e. The minimum atomic E-state index is 0.188. The Morgan fingerprint density at radius 1 is 0.806 bits per heavy atom. The lowest BCUT2D eigenvalue weighted by Gasteiger charge is -2.33. The average Bonchev–Trinajstić information content (AvgIpc) is 3.35. The van der Waals surface area contributed by atoms with E-state index < -0.39 is 0 Å². The molecule has 0 unspecified atom stereocenters. The van der Waals surface area contributed by atoms with Crippen molar-refractivity contribution in [3.8, 4) is 11.4 Å². The summed E-state index contributed by atoms with van der Waals surface area (Å²) in [5.41, 5.74) is 16.5. The highest BCUT2D eigenvalue weighted by Crippen LogP contribution is 2.35. The number of nitrogens with zero attached hydrogens (tertiary/aromatic N) is 2. The van der Waals surface area contributed by atoms with Crippen LogP contribution >= 0.6 is 0 Å². The van der Waals surface area contributed by atoms with Crippen LogP contribution in [0.5, 0.6) is 0 Å². The van der Waals surface area contributed by atoms with Gasteiger partial charge in [0.1, 0.15) is 0 Å². The van der Waals surface area contributed by atoms with Crippen LogP contribution in [0.3, 0.4) is 0 Å². The van der Waals surface area contributed by atoms with Gasteiger partial charge in [-0.05, 0) is 86.0 Å². The molecular weight excluding hydrogens is 435 g/mol. The van der Waals surface area contributed by atoms with Crippen LogP contribution in [0.25, 0.3) is 34.4 Å². The van der Waals surface area contributed by atoms with E-state index >= 15 is 0 Å². The molecule has 174 valence electrons. The van der Waals surface area contributed by atoms with Crippen LogP contribution in [0.4, 0.5) is 0 Å². The van der Waals surface area contributed by atoms with Crippen molar-refractivity contribution in [2.75, 3.05) is 0 Å². The second-order valence-electron chi connectivity index (χ2n) is 10.1. The Kier molecular flexibility index (Phi) is 4.60. The third-order valence-electron chi connectivity index (χ3n) is 8.30. The number of hydrogen-bond donors (Lipinski definition) is 0. The molecule has 4 heterocycles. The van der Waals surface area contributed by atoms with Crippen LogP contribution < -0.4 is 16.5 Å². The minimum absolute atomic E-state index is 0.188. The monoisotopic (exact) mass is 464 g/mol. The second kappa shape index (κ2) is 7.76. The molecule has 0 amide bonds. The number of fused-ring (bicyclic) bond motifs is 5. The Bertz CT molecular complexity index is 1740. The highest BCUT2D eigenvalue weighted by molar-refractivity contribution is 6.98. The Morgan fingerprint density at radius 2 is 1.56 bits per heavy atom. The van der Waals surface area contributed by atoms with Gasteiger partial charge in [0.05, 0.1) is 5.69 Å². The van der Waals surface area contributed by atoms with E-state index in [1.807, 2.05) is 0 Å². The molecule has 0 spiro atoms.